The maximum Gasteiger partial charge on any atom is 0.151 e. The number of para-hydroxylation sites is 2. The maximum atomic E-state index is 6.08. The largest absolute Gasteiger partial charge is 0.455 e. The fourth-order valence-electron chi connectivity index (χ4n) is 3.78. The predicted octanol–water partition coefficient (Wildman–Crippen LogP) is 7.40. The van der Waals surface area contributed by atoms with E-state index in [0.717, 1.165) is 45.9 Å². The molecule has 0 spiro atoms. The first-order valence-electron chi connectivity index (χ1n) is 11.4. The quantitative estimate of drug-likeness (QED) is 0.172. The average molecular weight is 479 g/mol. The lowest BCUT2D eigenvalue weighted by atomic mass is 10.1. The highest BCUT2D eigenvalue weighted by molar-refractivity contribution is 7.09. The van der Waals surface area contributed by atoms with E-state index in [9.17, 15) is 0 Å². The molecule has 2 aromatic heterocycles. The second kappa shape index (κ2) is 10.4. The second-order valence-electron chi connectivity index (χ2n) is 8.17. The molecule has 5 nitrogen and oxygen atoms in total. The molecule has 0 saturated carbocycles. The molecule has 0 radical (unpaired) electrons. The van der Waals surface area contributed by atoms with E-state index in [0.29, 0.717) is 0 Å². The summed E-state index contributed by atoms with van der Waals surface area (Å²) in [6, 6.07) is 32.6. The summed E-state index contributed by atoms with van der Waals surface area (Å²) in [7, 11) is 1.94. The molecule has 5 aromatic rings. The number of nitrogens with zero attached hydrogens (tertiary/aromatic N) is 4. The Morgan fingerprint density at radius 3 is 2.34 bits per heavy atom. The van der Waals surface area contributed by atoms with Gasteiger partial charge in [-0.05, 0) is 72.5 Å². The molecule has 0 unspecified atom stereocenters. The van der Waals surface area contributed by atoms with Crippen molar-refractivity contribution in [2.24, 2.45) is 10.2 Å². The van der Waals surface area contributed by atoms with E-state index in [4.69, 9.17) is 9.52 Å². The van der Waals surface area contributed by atoms with Gasteiger partial charge in [-0.3, -0.25) is 10.0 Å². The first kappa shape index (κ1) is 22.6. The fourth-order valence-corrected chi connectivity index (χ4v) is 4.47. The number of hydrogen-bond donors (Lipinski definition) is 0. The SMILES string of the molecule is CC(=NN(C)c1ccccc1)c1cc2cc(C=NN(Cc3cccs3)c3ccccc3)ccc2o1. The van der Waals surface area contributed by atoms with E-state index in [1.165, 1.54) is 4.88 Å². The molecule has 2 heterocycles. The van der Waals surface area contributed by atoms with Gasteiger partial charge in [-0.25, -0.2) is 0 Å². The number of benzene rings is 3. The Hall–Kier alpha value is -4.16. The van der Waals surface area contributed by atoms with E-state index < -0.39 is 0 Å². The highest BCUT2D eigenvalue weighted by Crippen LogP contribution is 2.23. The van der Waals surface area contributed by atoms with Crippen LogP contribution in [0.25, 0.3) is 11.0 Å². The number of anilines is 2. The number of furan rings is 1. The molecular weight excluding hydrogens is 452 g/mol. The first-order chi connectivity index (χ1) is 17.2. The van der Waals surface area contributed by atoms with E-state index >= 15 is 0 Å². The van der Waals surface area contributed by atoms with Gasteiger partial charge in [-0.2, -0.15) is 10.2 Å². The van der Waals surface area contributed by atoms with Crippen LogP contribution in [0, 0.1) is 0 Å². The Bertz CT molecular complexity index is 1440. The summed E-state index contributed by atoms with van der Waals surface area (Å²) in [5, 5.41) is 16.5. The van der Waals surface area contributed by atoms with Crippen molar-refractivity contribution in [2.75, 3.05) is 17.1 Å². The van der Waals surface area contributed by atoms with Crippen LogP contribution in [0.5, 0.6) is 0 Å². The minimum Gasteiger partial charge on any atom is -0.455 e. The van der Waals surface area contributed by atoms with Crippen LogP contribution < -0.4 is 10.0 Å². The normalized spacial score (nSPS) is 11.9. The molecule has 0 N–H and O–H groups in total. The third-order valence-electron chi connectivity index (χ3n) is 5.61. The summed E-state index contributed by atoms with van der Waals surface area (Å²) in [5.41, 5.74) is 4.72. The smallest absolute Gasteiger partial charge is 0.151 e. The van der Waals surface area contributed by atoms with Crippen molar-refractivity contribution in [3.05, 3.63) is 119 Å². The minimum absolute atomic E-state index is 0.723. The van der Waals surface area contributed by atoms with E-state index in [1.54, 1.807) is 11.3 Å². The van der Waals surface area contributed by atoms with Crippen LogP contribution in [0.2, 0.25) is 0 Å². The van der Waals surface area contributed by atoms with Crippen LogP contribution in [-0.4, -0.2) is 19.0 Å². The molecule has 0 bridgehead atoms. The Kier molecular flexibility index (Phi) is 6.73. The van der Waals surface area contributed by atoms with Crippen molar-refractivity contribution in [3.63, 3.8) is 0 Å². The summed E-state index contributed by atoms with van der Waals surface area (Å²) in [6.07, 6.45) is 1.90. The van der Waals surface area contributed by atoms with Crippen LogP contribution >= 0.6 is 11.3 Å². The van der Waals surface area contributed by atoms with Crippen molar-refractivity contribution >= 4 is 45.6 Å². The zero-order chi connectivity index (χ0) is 24.0. The number of fused-ring (bicyclic) bond motifs is 1. The monoisotopic (exact) mass is 478 g/mol. The molecule has 6 heteroatoms. The zero-order valence-corrected chi connectivity index (χ0v) is 20.5. The Balaban J connectivity index is 1.37. The Labute approximate surface area is 209 Å². The van der Waals surface area contributed by atoms with Crippen molar-refractivity contribution in [1.82, 2.24) is 0 Å². The summed E-state index contributed by atoms with van der Waals surface area (Å²) >= 11 is 1.73. The lowest BCUT2D eigenvalue weighted by Gasteiger charge is -2.18. The number of hydrazone groups is 2. The topological polar surface area (TPSA) is 44.3 Å². The van der Waals surface area contributed by atoms with Gasteiger partial charge in [0.1, 0.15) is 11.3 Å². The summed E-state index contributed by atoms with van der Waals surface area (Å²) in [5.74, 6) is 0.750. The van der Waals surface area contributed by atoms with E-state index in [2.05, 4.69) is 40.8 Å². The summed E-state index contributed by atoms with van der Waals surface area (Å²) in [4.78, 5) is 1.26. The average Bonchev–Trinajstić information content (AvgIpc) is 3.57. The van der Waals surface area contributed by atoms with Crippen molar-refractivity contribution < 1.29 is 4.42 Å². The van der Waals surface area contributed by atoms with Crippen LogP contribution in [0.1, 0.15) is 23.1 Å². The highest BCUT2D eigenvalue weighted by atomic mass is 32.1. The molecule has 0 fully saturated rings. The van der Waals surface area contributed by atoms with Crippen molar-refractivity contribution in [1.29, 1.82) is 0 Å². The van der Waals surface area contributed by atoms with Gasteiger partial charge < -0.3 is 4.42 Å². The van der Waals surface area contributed by atoms with Gasteiger partial charge in [-0.1, -0.05) is 42.5 Å². The van der Waals surface area contributed by atoms with Gasteiger partial charge in [0.25, 0.3) is 0 Å². The molecule has 3 aromatic carbocycles. The van der Waals surface area contributed by atoms with Gasteiger partial charge in [0.2, 0.25) is 0 Å². The minimum atomic E-state index is 0.723. The highest BCUT2D eigenvalue weighted by Gasteiger charge is 2.10. The van der Waals surface area contributed by atoms with Crippen LogP contribution in [0.4, 0.5) is 11.4 Å². The van der Waals surface area contributed by atoms with Crippen LogP contribution in [0.15, 0.2) is 117 Å². The third-order valence-corrected chi connectivity index (χ3v) is 6.47. The number of thiophene rings is 1. The van der Waals surface area contributed by atoms with Gasteiger partial charge in [-0.15, -0.1) is 11.3 Å². The third kappa shape index (κ3) is 5.50. The van der Waals surface area contributed by atoms with Gasteiger partial charge in [0.15, 0.2) is 5.76 Å². The summed E-state index contributed by atoms with van der Waals surface area (Å²) in [6.45, 7) is 2.68. The first-order valence-corrected chi connectivity index (χ1v) is 12.3. The number of hydrogen-bond acceptors (Lipinski definition) is 6. The van der Waals surface area contributed by atoms with Gasteiger partial charge >= 0.3 is 0 Å². The molecule has 0 saturated heterocycles. The molecule has 0 atom stereocenters. The van der Waals surface area contributed by atoms with Gasteiger partial charge in [0.05, 0.1) is 24.1 Å². The Morgan fingerprint density at radius 1 is 0.886 bits per heavy atom. The molecule has 0 aliphatic heterocycles. The molecule has 5 rings (SSSR count). The molecule has 0 amide bonds. The zero-order valence-electron chi connectivity index (χ0n) is 19.7. The Morgan fingerprint density at radius 2 is 1.63 bits per heavy atom. The van der Waals surface area contributed by atoms with Crippen LogP contribution in [-0.2, 0) is 6.54 Å². The predicted molar refractivity (Wildman–Crippen MR) is 148 cm³/mol. The molecule has 35 heavy (non-hydrogen) atoms. The molecule has 0 aliphatic rings. The summed E-state index contributed by atoms with van der Waals surface area (Å²) < 4.78 is 6.08. The molecular formula is C29H26N4OS. The second-order valence-corrected chi connectivity index (χ2v) is 9.20. The maximum absolute atomic E-state index is 6.08. The van der Waals surface area contributed by atoms with Crippen LogP contribution in [0.3, 0.4) is 0 Å². The van der Waals surface area contributed by atoms with Crippen molar-refractivity contribution in [2.45, 2.75) is 13.5 Å². The molecule has 174 valence electrons. The van der Waals surface area contributed by atoms with Gasteiger partial charge in [0, 0.05) is 17.3 Å². The van der Waals surface area contributed by atoms with E-state index in [1.807, 2.05) is 96.9 Å². The fraction of sp³-hybridized carbons (Fsp3) is 0.103. The lowest BCUT2D eigenvalue weighted by molar-refractivity contribution is 0.603. The standard InChI is InChI=1S/C29H26N4OS/c1-22(31-32(2)25-10-5-3-6-11-25)29-19-24-18-23(15-16-28(24)34-29)20-30-33(21-27-14-9-17-35-27)26-12-7-4-8-13-26/h3-20H,21H2,1-2H3. The molecule has 0 aliphatic carbocycles. The van der Waals surface area contributed by atoms with E-state index in [-0.39, 0.29) is 0 Å². The number of rotatable bonds is 8. The lowest BCUT2D eigenvalue weighted by Crippen LogP contribution is -2.15. The van der Waals surface area contributed by atoms with Crippen molar-refractivity contribution in [3.8, 4) is 0 Å².